The summed E-state index contributed by atoms with van der Waals surface area (Å²) in [4.78, 5) is 5.32. The van der Waals surface area contributed by atoms with Crippen LogP contribution in [0.25, 0.3) is 0 Å². The number of nitrogens with two attached hydrogens (primary N) is 1. The molecule has 0 aliphatic heterocycles. The SMILES string of the molecule is CS(=O)(=O)CCC(N)c1nc(CSc2ccccc2)no1. The van der Waals surface area contributed by atoms with Crippen molar-refractivity contribution in [3.63, 3.8) is 0 Å². The van der Waals surface area contributed by atoms with E-state index in [2.05, 4.69) is 10.1 Å². The van der Waals surface area contributed by atoms with Crippen LogP contribution in [0.4, 0.5) is 0 Å². The Kier molecular flexibility index (Phi) is 5.38. The van der Waals surface area contributed by atoms with Crippen molar-refractivity contribution in [3.8, 4) is 0 Å². The second kappa shape index (κ2) is 7.06. The summed E-state index contributed by atoms with van der Waals surface area (Å²) in [7, 11) is -3.04. The summed E-state index contributed by atoms with van der Waals surface area (Å²) in [6, 6.07) is 9.34. The normalized spacial score (nSPS) is 13.2. The lowest BCUT2D eigenvalue weighted by molar-refractivity contribution is 0.349. The summed E-state index contributed by atoms with van der Waals surface area (Å²) in [6.07, 6.45) is 1.45. The number of hydrogen-bond acceptors (Lipinski definition) is 7. The van der Waals surface area contributed by atoms with Gasteiger partial charge in [0.15, 0.2) is 5.82 Å². The molecular formula is C13H17N3O3S2. The third-order valence-corrected chi connectivity index (χ3v) is 4.70. The highest BCUT2D eigenvalue weighted by Crippen LogP contribution is 2.21. The van der Waals surface area contributed by atoms with Crippen LogP contribution in [0.3, 0.4) is 0 Å². The van der Waals surface area contributed by atoms with E-state index in [1.165, 1.54) is 6.26 Å². The van der Waals surface area contributed by atoms with Gasteiger partial charge in [0.1, 0.15) is 9.84 Å². The zero-order valence-corrected chi connectivity index (χ0v) is 13.2. The second-order valence-corrected chi connectivity index (χ2v) is 7.98. The van der Waals surface area contributed by atoms with E-state index in [1.807, 2.05) is 30.3 Å². The highest BCUT2D eigenvalue weighted by atomic mass is 32.2. The highest BCUT2D eigenvalue weighted by molar-refractivity contribution is 7.98. The number of nitrogens with zero attached hydrogens (tertiary/aromatic N) is 2. The minimum absolute atomic E-state index is 0.00461. The van der Waals surface area contributed by atoms with Crippen molar-refractivity contribution in [1.29, 1.82) is 0 Å². The minimum Gasteiger partial charge on any atom is -0.338 e. The van der Waals surface area contributed by atoms with Gasteiger partial charge in [0.2, 0.25) is 5.89 Å². The lowest BCUT2D eigenvalue weighted by Crippen LogP contribution is -2.16. The van der Waals surface area contributed by atoms with Gasteiger partial charge >= 0.3 is 0 Å². The number of rotatable bonds is 7. The Labute approximate surface area is 128 Å². The van der Waals surface area contributed by atoms with E-state index in [1.54, 1.807) is 11.8 Å². The summed E-state index contributed by atoms with van der Waals surface area (Å²) in [5.41, 5.74) is 5.86. The largest absolute Gasteiger partial charge is 0.338 e. The van der Waals surface area contributed by atoms with Gasteiger partial charge in [0.05, 0.1) is 17.5 Å². The molecule has 2 aromatic rings. The summed E-state index contributed by atoms with van der Waals surface area (Å²) >= 11 is 1.59. The van der Waals surface area contributed by atoms with Crippen molar-refractivity contribution in [1.82, 2.24) is 10.1 Å². The van der Waals surface area contributed by atoms with Crippen molar-refractivity contribution in [2.24, 2.45) is 5.73 Å². The Morgan fingerprint density at radius 1 is 1.33 bits per heavy atom. The lowest BCUT2D eigenvalue weighted by atomic mass is 10.2. The van der Waals surface area contributed by atoms with Gasteiger partial charge in [0.25, 0.3) is 0 Å². The molecule has 21 heavy (non-hydrogen) atoms. The van der Waals surface area contributed by atoms with Gasteiger partial charge in [-0.25, -0.2) is 8.42 Å². The van der Waals surface area contributed by atoms with Crippen molar-refractivity contribution >= 4 is 21.6 Å². The predicted molar refractivity (Wildman–Crippen MR) is 81.6 cm³/mol. The molecular weight excluding hydrogens is 310 g/mol. The molecule has 0 saturated heterocycles. The molecule has 2 N–H and O–H groups in total. The first-order valence-corrected chi connectivity index (χ1v) is 9.42. The molecule has 0 aliphatic carbocycles. The Balaban J connectivity index is 1.89. The maximum absolute atomic E-state index is 11.1. The maximum atomic E-state index is 11.1. The third-order valence-electron chi connectivity index (χ3n) is 2.71. The molecule has 0 bridgehead atoms. The predicted octanol–water partition coefficient (Wildman–Crippen LogP) is 1.80. The van der Waals surface area contributed by atoms with Crippen LogP contribution in [0.1, 0.15) is 24.2 Å². The molecule has 0 fully saturated rings. The highest BCUT2D eigenvalue weighted by Gasteiger charge is 2.17. The second-order valence-electron chi connectivity index (χ2n) is 4.68. The Morgan fingerprint density at radius 2 is 2.05 bits per heavy atom. The first kappa shape index (κ1) is 16.0. The average Bonchev–Trinajstić information content (AvgIpc) is 2.92. The van der Waals surface area contributed by atoms with Crippen LogP contribution >= 0.6 is 11.8 Å². The maximum Gasteiger partial charge on any atom is 0.243 e. The average molecular weight is 327 g/mol. The molecule has 1 heterocycles. The molecule has 0 aliphatic rings. The molecule has 0 saturated carbocycles. The number of sulfone groups is 1. The zero-order valence-electron chi connectivity index (χ0n) is 11.6. The summed E-state index contributed by atoms with van der Waals surface area (Å²) in [5.74, 6) is 1.41. The topological polar surface area (TPSA) is 99.1 Å². The Bertz CT molecular complexity index is 671. The van der Waals surface area contributed by atoms with Gasteiger partial charge in [-0.2, -0.15) is 4.98 Å². The van der Waals surface area contributed by atoms with Gasteiger partial charge < -0.3 is 10.3 Å². The first-order valence-electron chi connectivity index (χ1n) is 6.38. The van der Waals surface area contributed by atoms with Gasteiger partial charge in [-0.3, -0.25) is 0 Å². The Hall–Kier alpha value is -1.38. The van der Waals surface area contributed by atoms with E-state index < -0.39 is 15.9 Å². The van der Waals surface area contributed by atoms with Gasteiger partial charge in [-0.1, -0.05) is 23.4 Å². The number of thioether (sulfide) groups is 1. The van der Waals surface area contributed by atoms with E-state index >= 15 is 0 Å². The van der Waals surface area contributed by atoms with Crippen molar-refractivity contribution in [2.45, 2.75) is 23.1 Å². The molecule has 1 unspecified atom stereocenters. The summed E-state index contributed by atoms with van der Waals surface area (Å²) < 4.78 is 27.3. The molecule has 0 spiro atoms. The molecule has 2 rings (SSSR count). The zero-order chi connectivity index (χ0) is 15.3. The molecule has 0 radical (unpaired) electrons. The smallest absolute Gasteiger partial charge is 0.243 e. The van der Waals surface area contributed by atoms with Crippen LogP contribution < -0.4 is 5.73 Å². The summed E-state index contributed by atoms with van der Waals surface area (Å²) in [5, 5.41) is 3.86. The number of benzene rings is 1. The van der Waals surface area contributed by atoms with Crippen LogP contribution in [0.5, 0.6) is 0 Å². The van der Waals surface area contributed by atoms with Crippen LogP contribution in [0.15, 0.2) is 39.8 Å². The molecule has 1 atom stereocenters. The van der Waals surface area contributed by atoms with E-state index in [4.69, 9.17) is 10.3 Å². The van der Waals surface area contributed by atoms with Crippen molar-refractivity contribution in [3.05, 3.63) is 42.0 Å². The number of aromatic nitrogens is 2. The lowest BCUT2D eigenvalue weighted by Gasteiger charge is -2.04. The first-order chi connectivity index (χ1) is 9.94. The van der Waals surface area contributed by atoms with E-state index in [0.29, 0.717) is 11.6 Å². The monoisotopic (exact) mass is 327 g/mol. The van der Waals surface area contributed by atoms with Crippen LogP contribution in [0, 0.1) is 0 Å². The van der Waals surface area contributed by atoms with Gasteiger partial charge in [0, 0.05) is 11.2 Å². The fourth-order valence-corrected chi connectivity index (χ4v) is 3.05. The van der Waals surface area contributed by atoms with E-state index in [-0.39, 0.29) is 18.1 Å². The Morgan fingerprint density at radius 3 is 2.71 bits per heavy atom. The number of hydrogen-bond donors (Lipinski definition) is 1. The molecule has 0 amide bonds. The van der Waals surface area contributed by atoms with Crippen LogP contribution in [0.2, 0.25) is 0 Å². The van der Waals surface area contributed by atoms with Crippen LogP contribution in [-0.2, 0) is 15.6 Å². The molecule has 1 aromatic heterocycles. The quantitative estimate of drug-likeness (QED) is 0.774. The summed E-state index contributed by atoms with van der Waals surface area (Å²) in [6.45, 7) is 0. The standard InChI is InChI=1S/C13H17N3O3S2/c1-21(17,18)8-7-11(14)13-15-12(16-19-13)9-20-10-5-3-2-4-6-10/h2-6,11H,7-9,14H2,1H3. The minimum atomic E-state index is -3.04. The molecule has 114 valence electrons. The molecule has 6 nitrogen and oxygen atoms in total. The van der Waals surface area contributed by atoms with Crippen molar-refractivity contribution < 1.29 is 12.9 Å². The van der Waals surface area contributed by atoms with Gasteiger partial charge in [-0.05, 0) is 18.6 Å². The molecule has 1 aromatic carbocycles. The van der Waals surface area contributed by atoms with E-state index in [9.17, 15) is 8.42 Å². The van der Waals surface area contributed by atoms with Gasteiger partial charge in [-0.15, -0.1) is 11.8 Å². The fraction of sp³-hybridized carbons (Fsp3) is 0.385. The molecule has 8 heteroatoms. The van der Waals surface area contributed by atoms with Crippen LogP contribution in [-0.4, -0.2) is 30.6 Å². The fourth-order valence-electron chi connectivity index (χ4n) is 1.61. The van der Waals surface area contributed by atoms with E-state index in [0.717, 1.165) is 4.90 Å². The van der Waals surface area contributed by atoms with Crippen molar-refractivity contribution in [2.75, 3.05) is 12.0 Å². The third kappa shape index (κ3) is 5.49.